The number of carbonyl (C=O) groups excluding carboxylic acids is 2. The Bertz CT molecular complexity index is 1710. The van der Waals surface area contributed by atoms with E-state index in [1.807, 2.05) is 0 Å². The number of aromatic nitrogens is 2. The molecule has 4 rings (SSSR count). The van der Waals surface area contributed by atoms with Crippen molar-refractivity contribution in [3.8, 4) is 0 Å². The number of unbranched alkanes of at least 4 members (excludes halogenated alkanes) is 1. The van der Waals surface area contributed by atoms with Gasteiger partial charge in [0.15, 0.2) is 5.50 Å². The molecule has 2 aromatic carbocycles. The van der Waals surface area contributed by atoms with Gasteiger partial charge in [-0.25, -0.2) is 27.1 Å². The lowest BCUT2D eigenvalue weighted by molar-refractivity contribution is -0.121. The van der Waals surface area contributed by atoms with Crippen LogP contribution in [-0.4, -0.2) is 61.4 Å². The van der Waals surface area contributed by atoms with Crippen LogP contribution in [-0.2, 0) is 48.9 Å². The molecule has 1 atom stereocenters. The Morgan fingerprint density at radius 3 is 1.93 bits per heavy atom. The van der Waals surface area contributed by atoms with E-state index in [-0.39, 0.29) is 39.9 Å². The first-order valence-electron chi connectivity index (χ1n) is 12.9. The van der Waals surface area contributed by atoms with E-state index in [1.165, 1.54) is 59.5 Å². The summed E-state index contributed by atoms with van der Waals surface area (Å²) in [5, 5.41) is 32.3. The number of hydrazone groups is 1. The standard InChI is InChI=1S/C25H30N8O6S4/c1-33-25(29-21(35)15-17-8-12-19(13-9-17)43(27,38)39)41-23(32-33)5-3-2-4-22-30-31-24(40-22)28-20(34)14-16-6-10-18(11-7-16)42(26,36)37/h6-13,25H,2-5,14-15H2,1H3,(H,29,35)(H2,26,36,37)(H2,27,38,39)(H,28,31,34). The summed E-state index contributed by atoms with van der Waals surface area (Å²) in [7, 11) is -5.80. The molecule has 2 heterocycles. The zero-order valence-corrected chi connectivity index (χ0v) is 26.2. The molecular weight excluding hydrogens is 637 g/mol. The number of amides is 2. The SMILES string of the molecule is CN1N=C(CCCCc2nnc(NC(=O)Cc3ccc(S(N)(=O)=O)cc3)s2)SC1NC(=O)Cc1ccc(S(N)(=O)=O)cc1. The van der Waals surface area contributed by atoms with Crippen molar-refractivity contribution in [2.24, 2.45) is 15.4 Å². The second-order valence-electron chi connectivity index (χ2n) is 9.59. The third-order valence-corrected chi connectivity index (χ3v) is 10.1. The van der Waals surface area contributed by atoms with Crippen LogP contribution >= 0.6 is 23.1 Å². The highest BCUT2D eigenvalue weighted by atomic mass is 32.2. The Balaban J connectivity index is 1.14. The van der Waals surface area contributed by atoms with E-state index in [9.17, 15) is 26.4 Å². The van der Waals surface area contributed by atoms with Crippen molar-refractivity contribution in [3.05, 3.63) is 64.7 Å². The molecule has 0 spiro atoms. The van der Waals surface area contributed by atoms with Gasteiger partial charge in [-0.15, -0.1) is 10.2 Å². The molecule has 3 aromatic rings. The van der Waals surface area contributed by atoms with Crippen LogP contribution in [0.4, 0.5) is 5.13 Å². The van der Waals surface area contributed by atoms with Crippen LogP contribution in [0.2, 0.25) is 0 Å². The molecule has 14 nitrogen and oxygen atoms in total. The minimum Gasteiger partial charge on any atom is -0.325 e. The smallest absolute Gasteiger partial charge is 0.238 e. The number of carbonyl (C=O) groups is 2. The quantitative estimate of drug-likeness (QED) is 0.192. The fourth-order valence-corrected chi connectivity index (χ4v) is 6.88. The summed E-state index contributed by atoms with van der Waals surface area (Å²) in [6, 6.07) is 11.6. The van der Waals surface area contributed by atoms with Crippen LogP contribution < -0.4 is 20.9 Å². The van der Waals surface area contributed by atoms with E-state index in [1.54, 1.807) is 24.2 Å². The maximum Gasteiger partial charge on any atom is 0.238 e. The molecule has 0 fully saturated rings. The van der Waals surface area contributed by atoms with Crippen molar-refractivity contribution >= 4 is 65.1 Å². The maximum absolute atomic E-state index is 12.5. The van der Waals surface area contributed by atoms with Crippen molar-refractivity contribution in [1.82, 2.24) is 20.5 Å². The minimum atomic E-state index is -3.79. The summed E-state index contributed by atoms with van der Waals surface area (Å²) in [4.78, 5) is 24.8. The summed E-state index contributed by atoms with van der Waals surface area (Å²) in [5.74, 6) is -0.517. The molecule has 2 amide bonds. The number of sulfonamides is 2. The highest BCUT2D eigenvalue weighted by Crippen LogP contribution is 2.26. The van der Waals surface area contributed by atoms with Gasteiger partial charge in [-0.3, -0.25) is 14.6 Å². The highest BCUT2D eigenvalue weighted by Gasteiger charge is 2.26. The van der Waals surface area contributed by atoms with Crippen LogP contribution in [0, 0.1) is 0 Å². The number of primary sulfonamides is 2. The number of hydrogen-bond acceptors (Lipinski definition) is 12. The van der Waals surface area contributed by atoms with E-state index < -0.39 is 20.0 Å². The van der Waals surface area contributed by atoms with E-state index in [4.69, 9.17) is 10.3 Å². The molecule has 0 bridgehead atoms. The Kier molecular flexibility index (Phi) is 10.5. The first-order valence-corrected chi connectivity index (χ1v) is 17.7. The number of nitrogens with zero attached hydrogens (tertiary/aromatic N) is 4. The third kappa shape index (κ3) is 9.80. The van der Waals surface area contributed by atoms with Crippen LogP contribution in [0.3, 0.4) is 0 Å². The van der Waals surface area contributed by atoms with Gasteiger partial charge in [-0.05, 0) is 54.7 Å². The molecule has 0 radical (unpaired) electrons. The van der Waals surface area contributed by atoms with E-state index in [2.05, 4.69) is 25.9 Å². The number of aryl methyl sites for hydroxylation is 1. The molecule has 6 N–H and O–H groups in total. The minimum absolute atomic E-state index is 0.0101. The molecule has 18 heteroatoms. The number of anilines is 1. The number of nitrogens with one attached hydrogen (secondary N) is 2. The van der Waals surface area contributed by atoms with Crippen molar-refractivity contribution in [2.75, 3.05) is 12.4 Å². The Morgan fingerprint density at radius 2 is 1.37 bits per heavy atom. The molecule has 1 aliphatic rings. The van der Waals surface area contributed by atoms with Crippen molar-refractivity contribution in [1.29, 1.82) is 0 Å². The van der Waals surface area contributed by atoms with Gasteiger partial charge in [0.2, 0.25) is 37.0 Å². The van der Waals surface area contributed by atoms with Gasteiger partial charge in [-0.2, -0.15) is 5.10 Å². The zero-order chi connectivity index (χ0) is 31.2. The molecule has 1 aliphatic heterocycles. The fraction of sp³-hybridized carbons (Fsp3) is 0.320. The maximum atomic E-state index is 12.5. The van der Waals surface area contributed by atoms with Gasteiger partial charge in [0.05, 0.1) is 27.7 Å². The molecule has 43 heavy (non-hydrogen) atoms. The number of rotatable bonds is 13. The Labute approximate surface area is 257 Å². The molecule has 1 aromatic heterocycles. The van der Waals surface area contributed by atoms with Gasteiger partial charge in [0.25, 0.3) is 0 Å². The summed E-state index contributed by atoms with van der Waals surface area (Å²) in [6.45, 7) is 0. The lowest BCUT2D eigenvalue weighted by Gasteiger charge is -2.19. The topological polar surface area (TPSA) is 220 Å². The number of thioether (sulfide) groups is 1. The highest BCUT2D eigenvalue weighted by molar-refractivity contribution is 8.14. The lowest BCUT2D eigenvalue weighted by atomic mass is 10.1. The predicted molar refractivity (Wildman–Crippen MR) is 164 cm³/mol. The molecule has 0 aliphatic carbocycles. The average molecular weight is 667 g/mol. The number of hydrogen-bond donors (Lipinski definition) is 4. The van der Waals surface area contributed by atoms with Gasteiger partial charge in [0.1, 0.15) is 5.01 Å². The Hall–Kier alpha value is -3.42. The van der Waals surface area contributed by atoms with E-state index in [0.29, 0.717) is 22.7 Å². The normalized spacial score (nSPS) is 15.3. The van der Waals surface area contributed by atoms with Crippen molar-refractivity contribution in [2.45, 2.75) is 53.8 Å². The number of benzene rings is 2. The van der Waals surface area contributed by atoms with Crippen LogP contribution in [0.1, 0.15) is 35.4 Å². The second-order valence-corrected chi connectivity index (χ2v) is 14.9. The lowest BCUT2D eigenvalue weighted by Crippen LogP contribution is -2.40. The van der Waals surface area contributed by atoms with Gasteiger partial charge < -0.3 is 10.6 Å². The first kappa shape index (κ1) is 32.5. The molecule has 0 saturated heterocycles. The van der Waals surface area contributed by atoms with Crippen molar-refractivity contribution in [3.63, 3.8) is 0 Å². The van der Waals surface area contributed by atoms with Crippen LogP contribution in [0.5, 0.6) is 0 Å². The monoisotopic (exact) mass is 666 g/mol. The Morgan fingerprint density at radius 1 is 0.837 bits per heavy atom. The fourth-order valence-electron chi connectivity index (χ4n) is 3.96. The van der Waals surface area contributed by atoms with Crippen LogP contribution in [0.25, 0.3) is 0 Å². The van der Waals surface area contributed by atoms with E-state index >= 15 is 0 Å². The summed E-state index contributed by atoms with van der Waals surface area (Å²) in [6.07, 6.45) is 3.21. The van der Waals surface area contributed by atoms with Crippen LogP contribution in [0.15, 0.2) is 63.4 Å². The number of nitrogens with two attached hydrogens (primary N) is 2. The molecule has 0 saturated carbocycles. The zero-order valence-electron chi connectivity index (χ0n) is 23.0. The largest absolute Gasteiger partial charge is 0.325 e. The summed E-state index contributed by atoms with van der Waals surface area (Å²) < 4.78 is 45.5. The third-order valence-electron chi connectivity index (χ3n) is 6.12. The molecule has 1 unspecified atom stereocenters. The van der Waals surface area contributed by atoms with Gasteiger partial charge in [0, 0.05) is 13.5 Å². The summed E-state index contributed by atoms with van der Waals surface area (Å²) in [5.41, 5.74) is 0.951. The average Bonchev–Trinajstić information content (AvgIpc) is 3.51. The van der Waals surface area contributed by atoms with Gasteiger partial charge in [-0.1, -0.05) is 47.4 Å². The van der Waals surface area contributed by atoms with E-state index in [0.717, 1.165) is 29.3 Å². The predicted octanol–water partition coefficient (Wildman–Crippen LogP) is 1.36. The molecular formula is C25H30N8O6S4. The molecule has 230 valence electrons. The second kappa shape index (κ2) is 13.9. The first-order chi connectivity index (χ1) is 20.3. The van der Waals surface area contributed by atoms with Gasteiger partial charge >= 0.3 is 0 Å². The van der Waals surface area contributed by atoms with Crippen molar-refractivity contribution < 1.29 is 26.4 Å². The summed E-state index contributed by atoms with van der Waals surface area (Å²) >= 11 is 2.76.